The molecule has 3 aromatic rings. The van der Waals surface area contributed by atoms with Crippen molar-refractivity contribution in [1.29, 1.82) is 0 Å². The molecular weight excluding hydrogens is 332 g/mol. The number of nitrogens with zero attached hydrogens (tertiary/aromatic N) is 4. The van der Waals surface area contributed by atoms with Crippen LogP contribution in [0.1, 0.15) is 16.8 Å². The Morgan fingerprint density at radius 1 is 0.815 bits per heavy atom. The molecule has 1 fully saturated rings. The van der Waals surface area contributed by atoms with Gasteiger partial charge in [-0.3, -0.25) is 14.5 Å². The number of hydrogen-bond donors (Lipinski definition) is 0. The molecule has 0 saturated carbocycles. The lowest BCUT2D eigenvalue weighted by Gasteiger charge is -2.35. The Morgan fingerprint density at radius 3 is 2.22 bits per heavy atom. The highest BCUT2D eigenvalue weighted by Crippen LogP contribution is 2.23. The van der Waals surface area contributed by atoms with Gasteiger partial charge in [0.1, 0.15) is 0 Å². The van der Waals surface area contributed by atoms with Crippen molar-refractivity contribution in [2.24, 2.45) is 0 Å². The van der Waals surface area contributed by atoms with Crippen LogP contribution < -0.4 is 0 Å². The van der Waals surface area contributed by atoms with Gasteiger partial charge in [0.15, 0.2) is 0 Å². The van der Waals surface area contributed by atoms with E-state index in [4.69, 9.17) is 0 Å². The number of aryl methyl sites for hydroxylation is 1. The number of piperazine rings is 1. The summed E-state index contributed by atoms with van der Waals surface area (Å²) in [5.74, 6) is 0. The van der Waals surface area contributed by atoms with Crippen LogP contribution in [0.3, 0.4) is 0 Å². The Bertz CT molecular complexity index is 876. The summed E-state index contributed by atoms with van der Waals surface area (Å²) < 4.78 is 2.14. The van der Waals surface area contributed by atoms with Crippen molar-refractivity contribution >= 4 is 0 Å². The fourth-order valence-corrected chi connectivity index (χ4v) is 3.80. The predicted molar refractivity (Wildman–Crippen MR) is 110 cm³/mol. The van der Waals surface area contributed by atoms with Gasteiger partial charge in [-0.25, -0.2) is 0 Å². The van der Waals surface area contributed by atoms with Crippen LogP contribution in [-0.2, 0) is 13.2 Å². The summed E-state index contributed by atoms with van der Waals surface area (Å²) in [4.78, 5) is 5.06. The Kier molecular flexibility index (Phi) is 5.37. The van der Waals surface area contributed by atoms with Gasteiger partial charge in [-0.1, -0.05) is 54.6 Å². The molecule has 2 heterocycles. The Morgan fingerprint density at radius 2 is 1.48 bits per heavy atom. The minimum atomic E-state index is 0.872. The second-order valence-corrected chi connectivity index (χ2v) is 7.47. The molecule has 4 nitrogen and oxygen atoms in total. The second kappa shape index (κ2) is 8.07. The summed E-state index contributed by atoms with van der Waals surface area (Å²) in [5, 5.41) is 4.65. The monoisotopic (exact) mass is 360 g/mol. The number of rotatable bonds is 5. The van der Waals surface area contributed by atoms with E-state index in [0.717, 1.165) is 39.4 Å². The lowest BCUT2D eigenvalue weighted by atomic mass is 10.1. The zero-order chi connectivity index (χ0) is 18.6. The summed E-state index contributed by atoms with van der Waals surface area (Å²) in [7, 11) is 0. The average molecular weight is 361 g/mol. The molecule has 27 heavy (non-hydrogen) atoms. The van der Waals surface area contributed by atoms with E-state index in [1.165, 1.54) is 27.9 Å². The van der Waals surface area contributed by atoms with Crippen LogP contribution >= 0.6 is 0 Å². The minimum Gasteiger partial charge on any atom is -0.297 e. The second-order valence-electron chi connectivity index (χ2n) is 7.47. The van der Waals surface area contributed by atoms with Crippen LogP contribution in [0.5, 0.6) is 0 Å². The molecule has 0 atom stereocenters. The summed E-state index contributed by atoms with van der Waals surface area (Å²) in [6.45, 7) is 10.7. The van der Waals surface area contributed by atoms with Crippen LogP contribution in [-0.4, -0.2) is 45.8 Å². The molecule has 2 aromatic carbocycles. The molecule has 1 saturated heterocycles. The van der Waals surface area contributed by atoms with E-state index in [1.54, 1.807) is 0 Å². The van der Waals surface area contributed by atoms with E-state index in [-0.39, 0.29) is 0 Å². The number of hydrogen-bond acceptors (Lipinski definition) is 3. The largest absolute Gasteiger partial charge is 0.297 e. The molecular formula is C23H28N4. The van der Waals surface area contributed by atoms with Gasteiger partial charge in [0.25, 0.3) is 0 Å². The van der Waals surface area contributed by atoms with E-state index in [1.807, 2.05) is 6.20 Å². The molecule has 4 heteroatoms. The first kappa shape index (κ1) is 18.0. The minimum absolute atomic E-state index is 0.872. The first-order valence-electron chi connectivity index (χ1n) is 9.78. The summed E-state index contributed by atoms with van der Waals surface area (Å²) in [6.07, 6.45) is 2.00. The molecule has 0 N–H and O–H groups in total. The SMILES string of the molecule is Cc1ccccc1CN1CCN(Cn2ncc(-c3ccccc3)c2C)CC1. The van der Waals surface area contributed by atoms with Crippen molar-refractivity contribution in [3.63, 3.8) is 0 Å². The molecule has 0 radical (unpaired) electrons. The van der Waals surface area contributed by atoms with E-state index in [2.05, 4.69) is 88.0 Å². The highest BCUT2D eigenvalue weighted by molar-refractivity contribution is 5.64. The molecule has 0 bridgehead atoms. The summed E-state index contributed by atoms with van der Waals surface area (Å²) in [6, 6.07) is 19.2. The van der Waals surface area contributed by atoms with Crippen molar-refractivity contribution in [3.8, 4) is 11.1 Å². The summed E-state index contributed by atoms with van der Waals surface area (Å²) >= 11 is 0. The van der Waals surface area contributed by atoms with Gasteiger partial charge in [0.2, 0.25) is 0 Å². The van der Waals surface area contributed by atoms with Gasteiger partial charge in [-0.15, -0.1) is 0 Å². The molecule has 140 valence electrons. The Hall–Kier alpha value is -2.43. The highest BCUT2D eigenvalue weighted by Gasteiger charge is 2.19. The van der Waals surface area contributed by atoms with Gasteiger partial charge in [0, 0.05) is 44.0 Å². The van der Waals surface area contributed by atoms with E-state index < -0.39 is 0 Å². The molecule has 4 rings (SSSR count). The first-order chi connectivity index (χ1) is 13.2. The smallest absolute Gasteiger partial charge is 0.0932 e. The quantitative estimate of drug-likeness (QED) is 0.689. The van der Waals surface area contributed by atoms with Gasteiger partial charge in [0.05, 0.1) is 12.9 Å². The molecule has 1 aromatic heterocycles. The molecule has 0 unspecified atom stereocenters. The predicted octanol–water partition coefficient (Wildman–Crippen LogP) is 3.94. The highest BCUT2D eigenvalue weighted by atomic mass is 15.4. The van der Waals surface area contributed by atoms with Crippen LogP contribution in [0.15, 0.2) is 60.8 Å². The standard InChI is InChI=1S/C23H28N4/c1-19-8-6-7-11-22(19)17-25-12-14-26(15-13-25)18-27-20(2)23(16-24-27)21-9-4-3-5-10-21/h3-11,16H,12-15,17-18H2,1-2H3. The van der Waals surface area contributed by atoms with Gasteiger partial charge >= 0.3 is 0 Å². The Labute approximate surface area is 162 Å². The topological polar surface area (TPSA) is 24.3 Å². The van der Waals surface area contributed by atoms with Crippen LogP contribution in [0.2, 0.25) is 0 Å². The van der Waals surface area contributed by atoms with Gasteiger partial charge in [-0.05, 0) is 30.5 Å². The molecule has 1 aliphatic rings. The van der Waals surface area contributed by atoms with Crippen LogP contribution in [0, 0.1) is 13.8 Å². The van der Waals surface area contributed by atoms with Crippen molar-refractivity contribution in [1.82, 2.24) is 19.6 Å². The van der Waals surface area contributed by atoms with Crippen molar-refractivity contribution in [2.45, 2.75) is 27.1 Å². The zero-order valence-corrected chi connectivity index (χ0v) is 16.3. The fraction of sp³-hybridized carbons (Fsp3) is 0.348. The van der Waals surface area contributed by atoms with Crippen molar-refractivity contribution in [3.05, 3.63) is 77.6 Å². The third kappa shape index (κ3) is 4.12. The molecule has 1 aliphatic heterocycles. The van der Waals surface area contributed by atoms with Crippen molar-refractivity contribution in [2.75, 3.05) is 26.2 Å². The maximum atomic E-state index is 4.65. The summed E-state index contributed by atoms with van der Waals surface area (Å²) in [5.41, 5.74) is 6.54. The third-order valence-corrected chi connectivity index (χ3v) is 5.64. The lowest BCUT2D eigenvalue weighted by Crippen LogP contribution is -2.46. The van der Waals surface area contributed by atoms with E-state index >= 15 is 0 Å². The molecule has 0 amide bonds. The number of benzene rings is 2. The zero-order valence-electron chi connectivity index (χ0n) is 16.3. The number of aromatic nitrogens is 2. The van der Waals surface area contributed by atoms with Gasteiger partial charge in [-0.2, -0.15) is 5.10 Å². The lowest BCUT2D eigenvalue weighted by molar-refractivity contribution is 0.0979. The molecule has 0 spiro atoms. The van der Waals surface area contributed by atoms with Crippen LogP contribution in [0.4, 0.5) is 0 Å². The first-order valence-corrected chi connectivity index (χ1v) is 9.78. The van der Waals surface area contributed by atoms with E-state index in [0.29, 0.717) is 0 Å². The van der Waals surface area contributed by atoms with E-state index in [9.17, 15) is 0 Å². The molecule has 0 aliphatic carbocycles. The van der Waals surface area contributed by atoms with Gasteiger partial charge < -0.3 is 0 Å². The third-order valence-electron chi connectivity index (χ3n) is 5.64. The fourth-order valence-electron chi connectivity index (χ4n) is 3.80. The van der Waals surface area contributed by atoms with Crippen LogP contribution in [0.25, 0.3) is 11.1 Å². The Balaban J connectivity index is 1.35. The normalized spacial score (nSPS) is 15.9. The maximum absolute atomic E-state index is 4.65. The maximum Gasteiger partial charge on any atom is 0.0932 e. The van der Waals surface area contributed by atoms with Crippen molar-refractivity contribution < 1.29 is 0 Å². The average Bonchev–Trinajstić information content (AvgIpc) is 3.06.